The Kier molecular flexibility index (Phi) is 10.2. The summed E-state index contributed by atoms with van der Waals surface area (Å²) >= 11 is 1.21. The Morgan fingerprint density at radius 3 is 2.42 bits per heavy atom. The van der Waals surface area contributed by atoms with E-state index in [1.165, 1.54) is 16.7 Å². The van der Waals surface area contributed by atoms with E-state index in [-0.39, 0.29) is 19.6 Å². The van der Waals surface area contributed by atoms with Crippen molar-refractivity contribution >= 4 is 41.5 Å². The number of nitrogens with one attached hydrogen (secondary N) is 1. The fourth-order valence-electron chi connectivity index (χ4n) is 3.82. The number of amides is 2. The van der Waals surface area contributed by atoms with Crippen LogP contribution < -0.4 is 10.1 Å². The quantitative estimate of drug-likeness (QED) is 0.235. The van der Waals surface area contributed by atoms with Gasteiger partial charge in [0.05, 0.1) is 0 Å². The summed E-state index contributed by atoms with van der Waals surface area (Å²) in [4.78, 5) is 62.5. The van der Waals surface area contributed by atoms with Gasteiger partial charge in [-0.2, -0.15) is 0 Å². The molecule has 206 valence electrons. The molecule has 11 nitrogen and oxygen atoms in total. The van der Waals surface area contributed by atoms with Crippen LogP contribution in [0.4, 0.5) is 0 Å². The van der Waals surface area contributed by atoms with Crippen molar-refractivity contribution in [1.29, 1.82) is 0 Å². The minimum Gasteiger partial charge on any atom is -0.484 e. The van der Waals surface area contributed by atoms with E-state index in [4.69, 9.17) is 14.2 Å². The van der Waals surface area contributed by atoms with Gasteiger partial charge in [-0.05, 0) is 35.4 Å². The molecule has 12 heteroatoms. The molecule has 0 bridgehead atoms. The van der Waals surface area contributed by atoms with Crippen molar-refractivity contribution in [3.63, 3.8) is 0 Å². The van der Waals surface area contributed by atoms with Crippen LogP contribution in [0.15, 0.2) is 35.2 Å². The lowest BCUT2D eigenvalue weighted by atomic mass is 9.98. The Hall–Kier alpha value is -3.54. The van der Waals surface area contributed by atoms with Crippen LogP contribution in [-0.2, 0) is 38.2 Å². The lowest BCUT2D eigenvalue weighted by Crippen LogP contribution is -2.74. The monoisotopic (exact) mass is 548 g/mol. The first kappa shape index (κ1) is 29.0. The first-order chi connectivity index (χ1) is 18.1. The predicted molar refractivity (Wildman–Crippen MR) is 137 cm³/mol. The number of carbonyl (C=O) groups is 5. The van der Waals surface area contributed by atoms with Crippen LogP contribution in [0.3, 0.4) is 0 Å². The van der Waals surface area contributed by atoms with Gasteiger partial charge >= 0.3 is 17.9 Å². The second kappa shape index (κ2) is 13.3. The topological polar surface area (TPSA) is 138 Å². The zero-order valence-corrected chi connectivity index (χ0v) is 22.6. The smallest absolute Gasteiger partial charge is 0.336 e. The van der Waals surface area contributed by atoms with E-state index >= 15 is 0 Å². The number of thioether (sulfide) groups is 1. The molecule has 3 rings (SSSR count). The van der Waals surface area contributed by atoms with Gasteiger partial charge in [-0.1, -0.05) is 32.9 Å². The number of rotatable bonds is 12. The molecule has 0 saturated carbocycles. The minimum atomic E-state index is -1.19. The van der Waals surface area contributed by atoms with Crippen LogP contribution in [0.1, 0.15) is 52.0 Å². The normalized spacial score (nSPS) is 20.0. The number of fused-ring (bicyclic) bond motifs is 1. The molecule has 1 fully saturated rings. The molecule has 0 aromatic heterocycles. The van der Waals surface area contributed by atoms with Gasteiger partial charge in [0.2, 0.25) is 12.7 Å². The Labute approximate surface area is 225 Å². The van der Waals surface area contributed by atoms with Crippen LogP contribution in [0.25, 0.3) is 0 Å². The Balaban J connectivity index is 1.63. The summed E-state index contributed by atoms with van der Waals surface area (Å²) < 4.78 is 20.5. The minimum absolute atomic E-state index is 0.212. The molecular formula is C26H32N2O9S. The van der Waals surface area contributed by atoms with Crippen LogP contribution in [-0.4, -0.2) is 72.1 Å². The number of esters is 3. The predicted octanol–water partition coefficient (Wildman–Crippen LogP) is 2.25. The molecule has 2 unspecified atom stereocenters. The number of β-lactam (4-membered cyclic amide) rings is 1. The first-order valence-corrected chi connectivity index (χ1v) is 13.2. The van der Waals surface area contributed by atoms with Crippen molar-refractivity contribution in [2.45, 2.75) is 63.9 Å². The Morgan fingerprint density at radius 2 is 1.79 bits per heavy atom. The van der Waals surface area contributed by atoms with Gasteiger partial charge in [0.1, 0.15) is 23.8 Å². The van der Waals surface area contributed by atoms with Crippen molar-refractivity contribution < 1.29 is 42.9 Å². The zero-order valence-electron chi connectivity index (χ0n) is 21.8. The van der Waals surface area contributed by atoms with E-state index in [0.29, 0.717) is 23.7 Å². The highest BCUT2D eigenvalue weighted by molar-refractivity contribution is 8.02. The molecule has 2 aliphatic rings. The number of carbonyl (C=O) groups excluding carboxylic acids is 5. The molecule has 0 spiro atoms. The van der Waals surface area contributed by atoms with Gasteiger partial charge in [0.25, 0.3) is 5.91 Å². The highest BCUT2D eigenvalue weighted by Gasteiger charge is 2.56. The summed E-state index contributed by atoms with van der Waals surface area (Å²) in [5.41, 5.74) is 1.49. The zero-order chi connectivity index (χ0) is 27.8. The number of nitrogens with zero attached hydrogens (tertiary/aromatic N) is 1. The maximum absolute atomic E-state index is 13.0. The fourth-order valence-corrected chi connectivity index (χ4v) is 5.03. The lowest BCUT2D eigenvalue weighted by molar-refractivity contribution is -0.175. The molecule has 1 saturated heterocycles. The highest BCUT2D eigenvalue weighted by atomic mass is 32.2. The van der Waals surface area contributed by atoms with Crippen LogP contribution in [0, 0.1) is 0 Å². The molecule has 0 radical (unpaired) electrons. The highest BCUT2D eigenvalue weighted by Crippen LogP contribution is 2.40. The molecule has 2 heterocycles. The summed E-state index contributed by atoms with van der Waals surface area (Å²) in [5, 5.41) is 3.69. The van der Waals surface area contributed by atoms with Crippen LogP contribution in [0.2, 0.25) is 0 Å². The number of benzene rings is 1. The van der Waals surface area contributed by atoms with E-state index in [0.717, 1.165) is 12.5 Å². The van der Waals surface area contributed by atoms with Crippen molar-refractivity contribution in [2.75, 3.05) is 20.0 Å². The third-order valence-electron chi connectivity index (χ3n) is 5.84. The summed E-state index contributed by atoms with van der Waals surface area (Å²) in [7, 11) is 0. The van der Waals surface area contributed by atoms with E-state index < -0.39 is 54.0 Å². The van der Waals surface area contributed by atoms with Gasteiger partial charge in [-0.25, -0.2) is 4.79 Å². The second-order valence-electron chi connectivity index (χ2n) is 9.05. The number of hydrogen-bond acceptors (Lipinski definition) is 10. The Bertz CT molecular complexity index is 1090. The largest absolute Gasteiger partial charge is 0.484 e. The van der Waals surface area contributed by atoms with E-state index in [9.17, 15) is 24.0 Å². The third kappa shape index (κ3) is 7.27. The molecule has 1 N–H and O–H groups in total. The maximum Gasteiger partial charge on any atom is 0.336 e. The molecule has 1 aromatic rings. The second-order valence-corrected chi connectivity index (χ2v) is 10.0. The summed E-state index contributed by atoms with van der Waals surface area (Å²) in [6, 6.07) is 5.33. The Morgan fingerprint density at radius 1 is 1.08 bits per heavy atom. The lowest BCUT2D eigenvalue weighted by Gasteiger charge is -2.51. The van der Waals surface area contributed by atoms with Crippen molar-refractivity contribution in [3.05, 3.63) is 40.8 Å². The average Bonchev–Trinajstić information content (AvgIpc) is 2.88. The van der Waals surface area contributed by atoms with Gasteiger partial charge in [-0.3, -0.25) is 19.2 Å². The van der Waals surface area contributed by atoms with Gasteiger partial charge in [-0.15, -0.1) is 11.8 Å². The van der Waals surface area contributed by atoms with E-state index in [1.54, 1.807) is 17.5 Å². The molecule has 38 heavy (non-hydrogen) atoms. The molecule has 1 aromatic carbocycles. The number of ether oxygens (including phenoxy) is 4. The van der Waals surface area contributed by atoms with Gasteiger partial charge in [0.15, 0.2) is 12.6 Å². The van der Waals surface area contributed by atoms with E-state index in [2.05, 4.69) is 23.9 Å². The van der Waals surface area contributed by atoms with Gasteiger partial charge in [0, 0.05) is 18.9 Å². The molecular weight excluding hydrogens is 516 g/mol. The molecule has 3 atom stereocenters. The fraction of sp³-hybridized carbons (Fsp3) is 0.500. The molecule has 0 aliphatic carbocycles. The molecule has 2 aliphatic heterocycles. The van der Waals surface area contributed by atoms with E-state index in [1.807, 2.05) is 19.1 Å². The van der Waals surface area contributed by atoms with Crippen molar-refractivity contribution in [3.8, 4) is 5.75 Å². The van der Waals surface area contributed by atoms with Crippen molar-refractivity contribution in [2.24, 2.45) is 0 Å². The maximum atomic E-state index is 13.0. The third-order valence-corrected chi connectivity index (χ3v) is 7.06. The SMILES string of the molecule is CCCC(=O)OCC1=CS[C@H]2C(NC(=O)COc3ccc(C(C)C)cc3)C(=O)N2C1C(=O)OCOC(C)=O. The number of hydrogen-bond donors (Lipinski definition) is 1. The van der Waals surface area contributed by atoms with Crippen LogP contribution in [0.5, 0.6) is 5.75 Å². The average molecular weight is 549 g/mol. The van der Waals surface area contributed by atoms with Crippen molar-refractivity contribution in [1.82, 2.24) is 10.2 Å². The van der Waals surface area contributed by atoms with Gasteiger partial charge < -0.3 is 29.2 Å². The summed E-state index contributed by atoms with van der Waals surface area (Å²) in [6.45, 7) is 6.02. The summed E-state index contributed by atoms with van der Waals surface area (Å²) in [6.07, 6.45) is 0.812. The van der Waals surface area contributed by atoms with Crippen LogP contribution >= 0.6 is 11.8 Å². The summed E-state index contributed by atoms with van der Waals surface area (Å²) in [5.74, 6) is -2.02. The standard InChI is InChI=1S/C26H32N2O9S/c1-5-6-21(31)35-11-18-13-38-25-22(24(32)28(25)23(18)26(33)37-14-36-16(4)29)27-20(30)12-34-19-9-7-17(8-10-19)15(2)3/h7-10,13,15,22-23,25H,5-6,11-12,14H2,1-4H3,(H,27,30)/t22?,23?,25-/m0/s1. The molecule has 2 amide bonds. The first-order valence-electron chi connectivity index (χ1n) is 12.3.